The summed E-state index contributed by atoms with van der Waals surface area (Å²) in [6.07, 6.45) is 10.7. The molecule has 0 aromatic rings. The van der Waals surface area contributed by atoms with Crippen molar-refractivity contribution in [2.75, 3.05) is 33.0 Å². The molecule has 6 unspecified atom stereocenters. The van der Waals surface area contributed by atoms with Crippen LogP contribution in [-0.4, -0.2) is 62.4 Å². The summed E-state index contributed by atoms with van der Waals surface area (Å²) in [6, 6.07) is 0.580. The summed E-state index contributed by atoms with van der Waals surface area (Å²) in [4.78, 5) is 0. The van der Waals surface area contributed by atoms with Gasteiger partial charge in [0.25, 0.3) is 0 Å². The van der Waals surface area contributed by atoms with Crippen LogP contribution in [0.3, 0.4) is 0 Å². The van der Waals surface area contributed by atoms with Crippen LogP contribution in [0.5, 0.6) is 0 Å². The van der Waals surface area contributed by atoms with Crippen molar-refractivity contribution in [1.82, 2.24) is 21.1 Å². The highest BCUT2D eigenvalue weighted by Gasteiger charge is 2.38. The van der Waals surface area contributed by atoms with Gasteiger partial charge in [-0.05, 0) is 31.6 Å². The van der Waals surface area contributed by atoms with E-state index in [1.807, 2.05) is 0 Å². The van der Waals surface area contributed by atoms with E-state index in [-0.39, 0.29) is 0 Å². The molecule has 6 heteroatoms. The van der Waals surface area contributed by atoms with E-state index in [1.165, 1.54) is 12.8 Å². The van der Waals surface area contributed by atoms with E-state index >= 15 is 0 Å². The van der Waals surface area contributed by atoms with Gasteiger partial charge in [-0.15, -0.1) is 0 Å². The van der Waals surface area contributed by atoms with Crippen LogP contribution in [0.4, 0.5) is 0 Å². The quantitative estimate of drug-likeness (QED) is 0.646. The van der Waals surface area contributed by atoms with Crippen molar-refractivity contribution in [1.29, 1.82) is 0 Å². The monoisotopic (exact) mass is 336 g/mol. The molecule has 3 aliphatic heterocycles. The van der Waals surface area contributed by atoms with Crippen molar-refractivity contribution in [3.05, 3.63) is 12.2 Å². The normalized spacial score (nSPS) is 43.2. The molecule has 0 aromatic heterocycles. The molecular formula is C18H32N4O2. The molecule has 0 amide bonds. The second-order valence-electron chi connectivity index (χ2n) is 7.63. The zero-order chi connectivity index (χ0) is 16.4. The lowest BCUT2D eigenvalue weighted by molar-refractivity contribution is 0.0392. The third-order valence-electron chi connectivity index (χ3n) is 6.11. The van der Waals surface area contributed by atoms with Crippen molar-refractivity contribution in [2.45, 2.75) is 57.0 Å². The van der Waals surface area contributed by atoms with Gasteiger partial charge in [-0.3, -0.25) is 10.7 Å². The van der Waals surface area contributed by atoms with Gasteiger partial charge in [0.1, 0.15) is 6.79 Å². The standard InChI is InChI=1S/C18H32N4O2/c1-2-22-18-14(10-21-22)9-15(11-20-18)19-7-3-4-13-5-6-16-17(8-13)24-12-23-16/h3-4,13-21H,2,5-12H2,1H3/b4-3+. The Balaban J connectivity index is 1.17. The summed E-state index contributed by atoms with van der Waals surface area (Å²) < 4.78 is 11.2. The number of rotatable bonds is 5. The number of nitrogens with zero attached hydrogens (tertiary/aromatic N) is 1. The van der Waals surface area contributed by atoms with Gasteiger partial charge in [-0.1, -0.05) is 19.1 Å². The summed E-state index contributed by atoms with van der Waals surface area (Å²) in [5.41, 5.74) is 3.50. The number of allylic oxidation sites excluding steroid dienone is 1. The molecule has 24 heavy (non-hydrogen) atoms. The molecule has 3 heterocycles. The number of nitrogens with one attached hydrogen (secondary N) is 3. The van der Waals surface area contributed by atoms with E-state index in [9.17, 15) is 0 Å². The summed E-state index contributed by atoms with van der Waals surface area (Å²) in [7, 11) is 0. The van der Waals surface area contributed by atoms with Gasteiger partial charge in [0, 0.05) is 38.1 Å². The minimum atomic E-state index is 0.331. The van der Waals surface area contributed by atoms with E-state index in [1.54, 1.807) is 0 Å². The van der Waals surface area contributed by atoms with E-state index in [2.05, 4.69) is 40.1 Å². The van der Waals surface area contributed by atoms with Crippen molar-refractivity contribution in [3.63, 3.8) is 0 Å². The number of hydrogen-bond acceptors (Lipinski definition) is 6. The lowest BCUT2D eigenvalue weighted by Crippen LogP contribution is -2.56. The Morgan fingerprint density at radius 2 is 2.08 bits per heavy atom. The highest BCUT2D eigenvalue weighted by molar-refractivity contribution is 4.98. The van der Waals surface area contributed by atoms with E-state index in [0.29, 0.717) is 37.1 Å². The van der Waals surface area contributed by atoms with Gasteiger partial charge in [-0.2, -0.15) is 0 Å². The molecule has 0 bridgehead atoms. The van der Waals surface area contributed by atoms with Crippen LogP contribution in [0, 0.1) is 11.8 Å². The Morgan fingerprint density at radius 1 is 1.17 bits per heavy atom. The van der Waals surface area contributed by atoms with Crippen LogP contribution < -0.4 is 16.1 Å². The first-order valence-corrected chi connectivity index (χ1v) is 9.70. The molecule has 136 valence electrons. The van der Waals surface area contributed by atoms with E-state index in [0.717, 1.165) is 44.9 Å². The van der Waals surface area contributed by atoms with Crippen molar-refractivity contribution >= 4 is 0 Å². The fraction of sp³-hybridized carbons (Fsp3) is 0.889. The predicted molar refractivity (Wildman–Crippen MR) is 93.2 cm³/mol. The lowest BCUT2D eigenvalue weighted by atomic mass is 9.85. The molecule has 4 fully saturated rings. The molecule has 1 saturated carbocycles. The fourth-order valence-electron chi connectivity index (χ4n) is 4.75. The van der Waals surface area contributed by atoms with Crippen molar-refractivity contribution in [2.24, 2.45) is 11.8 Å². The van der Waals surface area contributed by atoms with Crippen LogP contribution >= 0.6 is 0 Å². The maximum atomic E-state index is 5.66. The first kappa shape index (κ1) is 16.9. The Hall–Kier alpha value is -0.500. The summed E-state index contributed by atoms with van der Waals surface area (Å²) in [5.74, 6) is 1.37. The highest BCUT2D eigenvalue weighted by Crippen LogP contribution is 2.32. The Morgan fingerprint density at radius 3 is 3.00 bits per heavy atom. The first-order valence-electron chi connectivity index (χ1n) is 9.70. The maximum absolute atomic E-state index is 5.66. The third kappa shape index (κ3) is 3.69. The van der Waals surface area contributed by atoms with Crippen LogP contribution in [0.25, 0.3) is 0 Å². The molecule has 6 atom stereocenters. The van der Waals surface area contributed by atoms with Crippen LogP contribution in [0.2, 0.25) is 0 Å². The number of hydrazine groups is 1. The van der Waals surface area contributed by atoms with Crippen molar-refractivity contribution < 1.29 is 9.47 Å². The summed E-state index contributed by atoms with van der Waals surface area (Å²) >= 11 is 0. The smallest absolute Gasteiger partial charge is 0.147 e. The van der Waals surface area contributed by atoms with Crippen molar-refractivity contribution in [3.8, 4) is 0 Å². The zero-order valence-corrected chi connectivity index (χ0v) is 14.7. The van der Waals surface area contributed by atoms with Gasteiger partial charge < -0.3 is 14.8 Å². The van der Waals surface area contributed by atoms with Crippen LogP contribution in [-0.2, 0) is 9.47 Å². The molecule has 0 aromatic carbocycles. The highest BCUT2D eigenvalue weighted by atomic mass is 16.7. The average Bonchev–Trinajstić information content (AvgIpc) is 3.24. The van der Waals surface area contributed by atoms with Gasteiger partial charge in [-0.25, -0.2) is 5.01 Å². The second-order valence-corrected chi connectivity index (χ2v) is 7.63. The molecule has 4 aliphatic rings. The average molecular weight is 336 g/mol. The van der Waals surface area contributed by atoms with Crippen LogP contribution in [0.15, 0.2) is 12.2 Å². The van der Waals surface area contributed by atoms with Gasteiger partial charge >= 0.3 is 0 Å². The van der Waals surface area contributed by atoms with Gasteiger partial charge in [0.2, 0.25) is 0 Å². The number of hydrogen-bond donors (Lipinski definition) is 3. The summed E-state index contributed by atoms with van der Waals surface area (Å²) in [6.45, 7) is 6.90. The topological polar surface area (TPSA) is 57.8 Å². The molecular weight excluding hydrogens is 304 g/mol. The Kier molecular flexibility index (Phi) is 5.51. The predicted octanol–water partition coefficient (Wildman–Crippen LogP) is 0.818. The van der Waals surface area contributed by atoms with E-state index in [4.69, 9.17) is 9.47 Å². The first-order chi connectivity index (χ1) is 11.8. The molecule has 6 nitrogen and oxygen atoms in total. The Bertz CT molecular complexity index is 447. The van der Waals surface area contributed by atoms with Gasteiger partial charge in [0.05, 0.1) is 18.4 Å². The molecule has 1 aliphatic carbocycles. The number of fused-ring (bicyclic) bond motifs is 2. The summed E-state index contributed by atoms with van der Waals surface area (Å²) in [5, 5.41) is 9.73. The zero-order valence-electron chi connectivity index (χ0n) is 14.7. The molecule has 0 radical (unpaired) electrons. The largest absolute Gasteiger partial charge is 0.349 e. The third-order valence-corrected chi connectivity index (χ3v) is 6.11. The minimum absolute atomic E-state index is 0.331. The number of piperidine rings is 1. The van der Waals surface area contributed by atoms with E-state index < -0.39 is 0 Å². The lowest BCUT2D eigenvalue weighted by Gasteiger charge is -2.35. The van der Waals surface area contributed by atoms with Crippen LogP contribution in [0.1, 0.15) is 32.6 Å². The maximum Gasteiger partial charge on any atom is 0.147 e. The molecule has 3 N–H and O–H groups in total. The fourth-order valence-corrected chi connectivity index (χ4v) is 4.75. The van der Waals surface area contributed by atoms with Gasteiger partial charge in [0.15, 0.2) is 0 Å². The molecule has 0 spiro atoms. The minimum Gasteiger partial charge on any atom is -0.349 e. The molecule has 4 rings (SSSR count). The SMILES string of the molecule is CCN1NCC2CC(NC/C=C/C3CCC4OCOC4C3)CNC21. The number of ether oxygens (including phenoxy) is 2. The molecule has 3 saturated heterocycles. The second kappa shape index (κ2) is 7.81. The Labute approximate surface area is 145 Å².